The first-order valence-electron chi connectivity index (χ1n) is 6.54. The van der Waals surface area contributed by atoms with Crippen LogP contribution >= 0.6 is 23.2 Å². The summed E-state index contributed by atoms with van der Waals surface area (Å²) in [5.74, 6) is 0.0198. The van der Waals surface area contributed by atoms with E-state index < -0.39 is 0 Å². The van der Waals surface area contributed by atoms with Crippen molar-refractivity contribution in [2.45, 2.75) is 26.2 Å². The fourth-order valence-electron chi connectivity index (χ4n) is 2.47. The lowest BCUT2D eigenvalue weighted by atomic mass is 9.77. The van der Waals surface area contributed by atoms with Crippen molar-refractivity contribution in [3.8, 4) is 0 Å². The van der Waals surface area contributed by atoms with Crippen LogP contribution in [-0.2, 0) is 4.79 Å². The van der Waals surface area contributed by atoms with Crippen LogP contribution in [0, 0.1) is 5.41 Å². The average Bonchev–Trinajstić information content (AvgIpc) is 2.43. The van der Waals surface area contributed by atoms with E-state index in [2.05, 4.69) is 10.6 Å². The number of amides is 1. The number of benzene rings is 1. The van der Waals surface area contributed by atoms with Crippen LogP contribution in [0.3, 0.4) is 0 Å². The summed E-state index contributed by atoms with van der Waals surface area (Å²) in [5, 5.41) is 7.29. The lowest BCUT2D eigenvalue weighted by Crippen LogP contribution is -2.47. The molecule has 1 aliphatic heterocycles. The van der Waals surface area contributed by atoms with Gasteiger partial charge in [0, 0.05) is 11.6 Å². The molecular weight excluding hydrogens is 283 g/mol. The van der Waals surface area contributed by atoms with E-state index in [4.69, 9.17) is 23.2 Å². The second-order valence-electron chi connectivity index (χ2n) is 4.99. The zero-order chi connectivity index (χ0) is 13.9. The van der Waals surface area contributed by atoms with Crippen LogP contribution in [-0.4, -0.2) is 19.0 Å². The van der Waals surface area contributed by atoms with Gasteiger partial charge in [-0.1, -0.05) is 30.1 Å². The normalized spacial score (nSPS) is 23.1. The fraction of sp³-hybridized carbons (Fsp3) is 0.500. The van der Waals surface area contributed by atoms with Crippen molar-refractivity contribution >= 4 is 34.8 Å². The molecule has 0 aliphatic carbocycles. The molecule has 3 nitrogen and oxygen atoms in total. The van der Waals surface area contributed by atoms with E-state index in [9.17, 15) is 4.79 Å². The van der Waals surface area contributed by atoms with Gasteiger partial charge in [0.25, 0.3) is 0 Å². The minimum absolute atomic E-state index is 0.0198. The highest BCUT2D eigenvalue weighted by Crippen LogP contribution is 2.33. The summed E-state index contributed by atoms with van der Waals surface area (Å²) in [7, 11) is 0. The smallest absolute Gasteiger partial charge is 0.231 e. The zero-order valence-corrected chi connectivity index (χ0v) is 12.4. The standard InChI is InChI=1S/C14H18Cl2N2O/c1-2-14(6-3-7-17-9-14)13(19)18-12-8-10(15)4-5-11(12)16/h4-5,8,17H,2-3,6-7,9H2,1H3,(H,18,19). The fourth-order valence-corrected chi connectivity index (χ4v) is 2.81. The van der Waals surface area contributed by atoms with Gasteiger partial charge in [-0.25, -0.2) is 0 Å². The molecule has 2 N–H and O–H groups in total. The Morgan fingerprint density at radius 1 is 1.47 bits per heavy atom. The number of rotatable bonds is 3. The predicted octanol–water partition coefficient (Wildman–Crippen LogP) is 3.71. The van der Waals surface area contributed by atoms with E-state index in [1.54, 1.807) is 18.2 Å². The van der Waals surface area contributed by atoms with E-state index in [0.29, 0.717) is 22.3 Å². The van der Waals surface area contributed by atoms with Crippen LogP contribution in [0.5, 0.6) is 0 Å². The Labute approximate surface area is 123 Å². The first kappa shape index (κ1) is 14.6. The second-order valence-corrected chi connectivity index (χ2v) is 5.84. The molecule has 1 aromatic rings. The van der Waals surface area contributed by atoms with Gasteiger partial charge in [0.1, 0.15) is 0 Å². The van der Waals surface area contributed by atoms with Gasteiger partial charge in [0.05, 0.1) is 16.1 Å². The molecule has 1 heterocycles. The van der Waals surface area contributed by atoms with Crippen molar-refractivity contribution < 1.29 is 4.79 Å². The highest BCUT2D eigenvalue weighted by atomic mass is 35.5. The maximum Gasteiger partial charge on any atom is 0.231 e. The van der Waals surface area contributed by atoms with Gasteiger partial charge < -0.3 is 10.6 Å². The van der Waals surface area contributed by atoms with E-state index in [1.807, 2.05) is 6.92 Å². The van der Waals surface area contributed by atoms with Crippen molar-refractivity contribution in [3.63, 3.8) is 0 Å². The van der Waals surface area contributed by atoms with Crippen molar-refractivity contribution in [2.24, 2.45) is 5.41 Å². The summed E-state index contributed by atoms with van der Waals surface area (Å²) in [6.07, 6.45) is 2.73. The molecule has 0 radical (unpaired) electrons. The topological polar surface area (TPSA) is 41.1 Å². The number of nitrogens with one attached hydrogen (secondary N) is 2. The second kappa shape index (κ2) is 6.12. The third-order valence-electron chi connectivity index (χ3n) is 3.81. The Kier molecular flexibility index (Phi) is 4.71. The third kappa shape index (κ3) is 3.22. The number of halogens is 2. The van der Waals surface area contributed by atoms with Gasteiger partial charge in [-0.3, -0.25) is 4.79 Å². The molecule has 5 heteroatoms. The number of piperidine rings is 1. The van der Waals surface area contributed by atoms with Crippen LogP contribution < -0.4 is 10.6 Å². The van der Waals surface area contributed by atoms with Crippen LogP contribution in [0.25, 0.3) is 0 Å². The highest BCUT2D eigenvalue weighted by molar-refractivity contribution is 6.35. The molecule has 1 saturated heterocycles. The maximum atomic E-state index is 12.5. The summed E-state index contributed by atoms with van der Waals surface area (Å²) in [5.41, 5.74) is 0.238. The zero-order valence-electron chi connectivity index (χ0n) is 10.9. The largest absolute Gasteiger partial charge is 0.324 e. The lowest BCUT2D eigenvalue weighted by molar-refractivity contribution is -0.126. The minimum atomic E-state index is -0.343. The molecule has 0 aromatic heterocycles. The first-order valence-corrected chi connectivity index (χ1v) is 7.30. The number of carbonyl (C=O) groups excluding carboxylic acids is 1. The van der Waals surface area contributed by atoms with E-state index in [1.165, 1.54) is 0 Å². The summed E-state index contributed by atoms with van der Waals surface area (Å²) >= 11 is 12.0. The summed E-state index contributed by atoms with van der Waals surface area (Å²) in [6, 6.07) is 5.08. The maximum absolute atomic E-state index is 12.5. The molecule has 0 spiro atoms. The molecule has 104 valence electrons. The van der Waals surface area contributed by atoms with Gasteiger partial charge >= 0.3 is 0 Å². The van der Waals surface area contributed by atoms with Crippen molar-refractivity contribution in [1.29, 1.82) is 0 Å². The van der Waals surface area contributed by atoms with Crippen molar-refractivity contribution in [1.82, 2.24) is 5.32 Å². The Morgan fingerprint density at radius 2 is 2.26 bits per heavy atom. The van der Waals surface area contributed by atoms with Gasteiger partial charge in [-0.15, -0.1) is 0 Å². The summed E-state index contributed by atoms with van der Waals surface area (Å²) in [6.45, 7) is 3.74. The Bertz CT molecular complexity index is 471. The molecule has 1 atom stereocenters. The van der Waals surface area contributed by atoms with Crippen LogP contribution in [0.4, 0.5) is 5.69 Å². The van der Waals surface area contributed by atoms with E-state index in [0.717, 1.165) is 25.8 Å². The van der Waals surface area contributed by atoms with E-state index in [-0.39, 0.29) is 11.3 Å². The van der Waals surface area contributed by atoms with Gasteiger partial charge in [0.15, 0.2) is 0 Å². The van der Waals surface area contributed by atoms with Crippen molar-refractivity contribution in [3.05, 3.63) is 28.2 Å². The number of anilines is 1. The van der Waals surface area contributed by atoms with Crippen LogP contribution in [0.1, 0.15) is 26.2 Å². The van der Waals surface area contributed by atoms with E-state index >= 15 is 0 Å². The predicted molar refractivity (Wildman–Crippen MR) is 79.9 cm³/mol. The first-order chi connectivity index (χ1) is 9.07. The van der Waals surface area contributed by atoms with Crippen LogP contribution in [0.15, 0.2) is 18.2 Å². The molecule has 1 amide bonds. The Morgan fingerprint density at radius 3 is 2.89 bits per heavy atom. The molecule has 0 saturated carbocycles. The van der Waals surface area contributed by atoms with Gasteiger partial charge in [-0.2, -0.15) is 0 Å². The molecule has 19 heavy (non-hydrogen) atoms. The minimum Gasteiger partial charge on any atom is -0.324 e. The Balaban J connectivity index is 2.17. The third-order valence-corrected chi connectivity index (χ3v) is 4.37. The number of hydrogen-bond donors (Lipinski definition) is 2. The average molecular weight is 301 g/mol. The molecule has 0 bridgehead atoms. The molecule has 1 aliphatic rings. The SMILES string of the molecule is CCC1(C(=O)Nc2cc(Cl)ccc2Cl)CCCNC1. The Hall–Kier alpha value is -0.770. The van der Waals surface area contributed by atoms with Gasteiger partial charge in [-0.05, 0) is 44.0 Å². The highest BCUT2D eigenvalue weighted by Gasteiger charge is 2.37. The number of hydrogen-bond acceptors (Lipinski definition) is 2. The van der Waals surface area contributed by atoms with Crippen LogP contribution in [0.2, 0.25) is 10.0 Å². The molecular formula is C14H18Cl2N2O. The molecule has 1 aromatic carbocycles. The molecule has 2 rings (SSSR count). The molecule has 1 fully saturated rings. The monoisotopic (exact) mass is 300 g/mol. The van der Waals surface area contributed by atoms with Crippen molar-refractivity contribution in [2.75, 3.05) is 18.4 Å². The summed E-state index contributed by atoms with van der Waals surface area (Å²) in [4.78, 5) is 12.5. The number of carbonyl (C=O) groups is 1. The molecule has 1 unspecified atom stereocenters. The van der Waals surface area contributed by atoms with Gasteiger partial charge in [0.2, 0.25) is 5.91 Å². The lowest BCUT2D eigenvalue weighted by Gasteiger charge is -2.35. The summed E-state index contributed by atoms with van der Waals surface area (Å²) < 4.78 is 0. The quantitative estimate of drug-likeness (QED) is 0.893.